The van der Waals surface area contributed by atoms with Gasteiger partial charge in [0.2, 0.25) is 11.9 Å². The molecule has 9 nitrogen and oxygen atoms in total. The summed E-state index contributed by atoms with van der Waals surface area (Å²) in [6.07, 6.45) is 14.6. The number of rotatable bonds is 8. The van der Waals surface area contributed by atoms with Crippen molar-refractivity contribution < 1.29 is 4.79 Å². The van der Waals surface area contributed by atoms with Crippen LogP contribution < -0.4 is 16.4 Å². The maximum absolute atomic E-state index is 13.0. The molecule has 0 bridgehead atoms. The summed E-state index contributed by atoms with van der Waals surface area (Å²) >= 11 is 0. The number of aromatic nitrogens is 4. The van der Waals surface area contributed by atoms with Crippen LogP contribution in [0.5, 0.6) is 0 Å². The van der Waals surface area contributed by atoms with Gasteiger partial charge in [-0.1, -0.05) is 40.5 Å². The van der Waals surface area contributed by atoms with Crippen molar-refractivity contribution >= 4 is 28.8 Å². The first kappa shape index (κ1) is 28.1. The first-order valence-electron chi connectivity index (χ1n) is 15.5. The number of hydrogen-bond donors (Lipinski definition) is 3. The van der Waals surface area contributed by atoms with Crippen LogP contribution in [0.15, 0.2) is 6.33 Å². The van der Waals surface area contributed by atoms with E-state index in [9.17, 15) is 4.79 Å². The number of carbonyl (C=O) groups is 1. The second-order valence-electron chi connectivity index (χ2n) is 13.8. The molecule has 1 unspecified atom stereocenters. The summed E-state index contributed by atoms with van der Waals surface area (Å²) in [5.74, 6) is 2.20. The molecule has 0 aromatic carbocycles. The van der Waals surface area contributed by atoms with Crippen LogP contribution >= 0.6 is 0 Å². The molecular weight excluding hydrogens is 488 g/mol. The van der Waals surface area contributed by atoms with Gasteiger partial charge in [-0.25, -0.2) is 4.98 Å². The minimum atomic E-state index is 0.252. The van der Waals surface area contributed by atoms with E-state index in [0.717, 1.165) is 75.0 Å². The number of anilines is 2. The highest BCUT2D eigenvalue weighted by Crippen LogP contribution is 2.34. The number of hydrogen-bond acceptors (Lipinski definition) is 7. The smallest absolute Gasteiger partial charge is 0.227 e. The zero-order valence-corrected chi connectivity index (χ0v) is 24.6. The topological polar surface area (TPSA) is 114 Å². The monoisotopic (exact) mass is 538 g/mol. The second kappa shape index (κ2) is 12.0. The molecule has 1 saturated heterocycles. The van der Waals surface area contributed by atoms with Gasteiger partial charge in [-0.3, -0.25) is 4.79 Å². The third-order valence-corrected chi connectivity index (χ3v) is 8.92. The highest BCUT2D eigenvalue weighted by molar-refractivity contribution is 5.84. The quantitative estimate of drug-likeness (QED) is 0.407. The van der Waals surface area contributed by atoms with Crippen LogP contribution in [-0.4, -0.2) is 61.5 Å². The number of piperidine rings is 1. The molecule has 4 N–H and O–H groups in total. The van der Waals surface area contributed by atoms with Gasteiger partial charge in [0.05, 0.1) is 6.33 Å². The van der Waals surface area contributed by atoms with Gasteiger partial charge in [0.1, 0.15) is 0 Å². The molecule has 2 aromatic heterocycles. The van der Waals surface area contributed by atoms with Gasteiger partial charge in [0, 0.05) is 43.7 Å². The van der Waals surface area contributed by atoms with Crippen molar-refractivity contribution in [1.29, 1.82) is 0 Å². The summed E-state index contributed by atoms with van der Waals surface area (Å²) in [6, 6.07) is 1.39. The molecule has 3 fully saturated rings. The van der Waals surface area contributed by atoms with Crippen molar-refractivity contribution in [2.24, 2.45) is 17.1 Å². The predicted molar refractivity (Wildman–Crippen MR) is 158 cm³/mol. The average molecular weight is 539 g/mol. The van der Waals surface area contributed by atoms with Crippen LogP contribution in [0.2, 0.25) is 0 Å². The number of nitrogens with zero attached hydrogens (tertiary/aromatic N) is 5. The van der Waals surface area contributed by atoms with E-state index in [-0.39, 0.29) is 11.5 Å². The predicted octanol–water partition coefficient (Wildman–Crippen LogP) is 5.49. The molecule has 3 heterocycles. The number of fused-ring (bicyclic) bond motifs is 1. The van der Waals surface area contributed by atoms with Crippen molar-refractivity contribution in [3.63, 3.8) is 0 Å². The van der Waals surface area contributed by atoms with Crippen LogP contribution in [-0.2, 0) is 4.79 Å². The maximum Gasteiger partial charge on any atom is 0.227 e. The van der Waals surface area contributed by atoms with Crippen molar-refractivity contribution in [1.82, 2.24) is 24.4 Å². The Hall–Kier alpha value is -2.42. The van der Waals surface area contributed by atoms with E-state index in [1.807, 2.05) is 6.33 Å². The average Bonchev–Trinajstić information content (AvgIpc) is 3.55. The van der Waals surface area contributed by atoms with E-state index >= 15 is 0 Å². The number of amides is 1. The fourth-order valence-electron chi connectivity index (χ4n) is 6.99. The molecule has 1 aliphatic heterocycles. The molecule has 2 saturated carbocycles. The molecule has 0 radical (unpaired) electrons. The lowest BCUT2D eigenvalue weighted by molar-refractivity contribution is -0.133. The Labute approximate surface area is 234 Å². The van der Waals surface area contributed by atoms with Gasteiger partial charge in [-0.05, 0) is 69.1 Å². The van der Waals surface area contributed by atoms with Crippen LogP contribution in [0.4, 0.5) is 11.8 Å². The lowest BCUT2D eigenvalue weighted by atomic mass is 9.84. The highest BCUT2D eigenvalue weighted by atomic mass is 16.2. The summed E-state index contributed by atoms with van der Waals surface area (Å²) in [7, 11) is 0. The summed E-state index contributed by atoms with van der Waals surface area (Å²) in [5.41, 5.74) is 8.17. The third-order valence-electron chi connectivity index (χ3n) is 8.92. The molecule has 1 amide bonds. The summed E-state index contributed by atoms with van der Waals surface area (Å²) < 4.78 is 2.27. The lowest BCUT2D eigenvalue weighted by Gasteiger charge is -2.34. The van der Waals surface area contributed by atoms with Gasteiger partial charge in [0.25, 0.3) is 0 Å². The van der Waals surface area contributed by atoms with Gasteiger partial charge in [-0.2, -0.15) is 9.97 Å². The van der Waals surface area contributed by atoms with Crippen molar-refractivity contribution in [3.05, 3.63) is 6.33 Å². The Morgan fingerprint density at radius 1 is 1.00 bits per heavy atom. The van der Waals surface area contributed by atoms with E-state index in [1.54, 1.807) is 0 Å². The van der Waals surface area contributed by atoms with E-state index in [4.69, 9.17) is 20.7 Å². The SMILES string of the molecule is CC(CC(=O)N1CCC(Nc2nc(NC3CCC(N)CC3)nc3c2ncn3C2CCCC2)CC1)CC(C)(C)C. The summed E-state index contributed by atoms with van der Waals surface area (Å²) in [4.78, 5) is 29.8. The van der Waals surface area contributed by atoms with Crippen molar-refractivity contribution in [3.8, 4) is 0 Å². The Morgan fingerprint density at radius 3 is 2.33 bits per heavy atom. The molecule has 9 heteroatoms. The lowest BCUT2D eigenvalue weighted by Crippen LogP contribution is -2.43. The van der Waals surface area contributed by atoms with Crippen LogP contribution in [0.3, 0.4) is 0 Å². The molecule has 0 spiro atoms. The molecular formula is C30H50N8O. The minimum Gasteiger partial charge on any atom is -0.365 e. The molecule has 1 atom stereocenters. The standard InChI is InChI=1S/C30H50N8O/c1-20(18-30(2,3)4)17-25(39)37-15-13-23(14-16-37)33-27-26-28(38(19-32-26)24-7-5-6-8-24)36-29(35-27)34-22-11-9-21(31)10-12-22/h19-24H,5-18,31H2,1-4H3,(H2,33,34,35,36). The molecule has 3 aliphatic rings. The number of nitrogens with one attached hydrogen (secondary N) is 2. The number of imidazole rings is 1. The van der Waals surface area contributed by atoms with E-state index in [0.29, 0.717) is 42.3 Å². The van der Waals surface area contributed by atoms with Crippen LogP contribution in [0.1, 0.15) is 111 Å². The van der Waals surface area contributed by atoms with Gasteiger partial charge < -0.3 is 25.8 Å². The van der Waals surface area contributed by atoms with Crippen molar-refractivity contribution in [2.45, 2.75) is 129 Å². The zero-order chi connectivity index (χ0) is 27.6. The molecule has 216 valence electrons. The number of carbonyl (C=O) groups excluding carboxylic acids is 1. The third kappa shape index (κ3) is 7.21. The van der Waals surface area contributed by atoms with E-state index in [1.165, 1.54) is 25.7 Å². The van der Waals surface area contributed by atoms with Gasteiger partial charge >= 0.3 is 0 Å². The molecule has 5 rings (SSSR count). The second-order valence-corrected chi connectivity index (χ2v) is 13.8. The Balaban J connectivity index is 1.27. The molecule has 39 heavy (non-hydrogen) atoms. The first-order valence-corrected chi connectivity index (χ1v) is 15.5. The van der Waals surface area contributed by atoms with E-state index < -0.39 is 0 Å². The largest absolute Gasteiger partial charge is 0.365 e. The van der Waals surface area contributed by atoms with Crippen LogP contribution in [0, 0.1) is 11.3 Å². The maximum atomic E-state index is 13.0. The Kier molecular flexibility index (Phi) is 8.64. The normalized spacial score (nSPS) is 24.3. The molecule has 2 aromatic rings. The van der Waals surface area contributed by atoms with Gasteiger partial charge in [-0.15, -0.1) is 0 Å². The fourth-order valence-corrected chi connectivity index (χ4v) is 6.99. The Morgan fingerprint density at radius 2 is 1.67 bits per heavy atom. The van der Waals surface area contributed by atoms with Gasteiger partial charge in [0.15, 0.2) is 17.0 Å². The summed E-state index contributed by atoms with van der Waals surface area (Å²) in [5, 5.41) is 7.34. The van der Waals surface area contributed by atoms with Crippen LogP contribution in [0.25, 0.3) is 11.2 Å². The van der Waals surface area contributed by atoms with Crippen molar-refractivity contribution in [2.75, 3.05) is 23.7 Å². The fraction of sp³-hybridized carbons (Fsp3) is 0.800. The zero-order valence-electron chi connectivity index (χ0n) is 24.6. The molecule has 2 aliphatic carbocycles. The minimum absolute atomic E-state index is 0.252. The highest BCUT2D eigenvalue weighted by Gasteiger charge is 2.28. The summed E-state index contributed by atoms with van der Waals surface area (Å²) in [6.45, 7) is 10.5. The number of nitrogens with two attached hydrogens (primary N) is 1. The Bertz CT molecular complexity index is 1100. The van der Waals surface area contributed by atoms with E-state index in [2.05, 4.69) is 47.8 Å². The first-order chi connectivity index (χ1) is 18.6. The number of likely N-dealkylation sites (tertiary alicyclic amines) is 1.